The molecule has 0 saturated heterocycles. The van der Waals surface area contributed by atoms with Crippen molar-refractivity contribution >= 4 is 11.7 Å². The van der Waals surface area contributed by atoms with Gasteiger partial charge in [0.2, 0.25) is 0 Å². The number of nitrogens with one attached hydrogen (secondary N) is 2. The van der Waals surface area contributed by atoms with Gasteiger partial charge < -0.3 is 15.7 Å². The van der Waals surface area contributed by atoms with E-state index in [9.17, 15) is 4.79 Å². The van der Waals surface area contributed by atoms with E-state index in [4.69, 9.17) is 5.11 Å². The third kappa shape index (κ3) is 5.45. The number of aliphatic hydroxyl groups excluding tert-OH is 1. The Morgan fingerprint density at radius 2 is 2.21 bits per heavy atom. The molecule has 2 amide bonds. The fraction of sp³-hybridized carbons (Fsp3) is 0.400. The van der Waals surface area contributed by atoms with Crippen LogP contribution in [0.2, 0.25) is 0 Å². The van der Waals surface area contributed by atoms with Crippen LogP contribution in [0.3, 0.4) is 0 Å². The molecule has 4 heteroatoms. The van der Waals surface area contributed by atoms with Crippen molar-refractivity contribution in [1.82, 2.24) is 5.32 Å². The summed E-state index contributed by atoms with van der Waals surface area (Å²) < 4.78 is 0. The molecule has 0 bridgehead atoms. The molecule has 0 fully saturated rings. The second kappa shape index (κ2) is 8.17. The quantitative estimate of drug-likeness (QED) is 0.574. The molecule has 4 nitrogen and oxygen atoms in total. The standard InChI is InChI=1S/C15H20N2O2/c1-3-4-9-16-15(19)17-14-11-12(2)7-8-13(14)6-5-10-18/h7-8,11,18H,3-4,9-10H2,1-2H3,(H2,16,17,19). The van der Waals surface area contributed by atoms with E-state index in [1.165, 1.54) is 0 Å². The normalized spacial score (nSPS) is 9.42. The predicted molar refractivity (Wildman–Crippen MR) is 77.1 cm³/mol. The van der Waals surface area contributed by atoms with Crippen LogP contribution < -0.4 is 10.6 Å². The highest BCUT2D eigenvalue weighted by atomic mass is 16.2. The molecular formula is C15H20N2O2. The van der Waals surface area contributed by atoms with E-state index in [2.05, 4.69) is 29.4 Å². The van der Waals surface area contributed by atoms with E-state index in [-0.39, 0.29) is 12.6 Å². The summed E-state index contributed by atoms with van der Waals surface area (Å²) in [6.45, 7) is 4.48. The maximum atomic E-state index is 11.7. The smallest absolute Gasteiger partial charge is 0.319 e. The molecule has 0 saturated carbocycles. The van der Waals surface area contributed by atoms with Gasteiger partial charge in [0.1, 0.15) is 6.61 Å². The molecule has 0 radical (unpaired) electrons. The number of rotatable bonds is 4. The average Bonchev–Trinajstić information content (AvgIpc) is 2.38. The second-order valence-electron chi connectivity index (χ2n) is 4.24. The van der Waals surface area contributed by atoms with Crippen LogP contribution in [0.4, 0.5) is 10.5 Å². The van der Waals surface area contributed by atoms with Crippen molar-refractivity contribution in [2.45, 2.75) is 26.7 Å². The van der Waals surface area contributed by atoms with E-state index in [1.54, 1.807) is 0 Å². The molecule has 0 heterocycles. The van der Waals surface area contributed by atoms with Crippen molar-refractivity contribution in [3.63, 3.8) is 0 Å². The highest BCUT2D eigenvalue weighted by Gasteiger charge is 2.05. The molecule has 0 aliphatic rings. The third-order valence-electron chi connectivity index (χ3n) is 2.54. The fourth-order valence-corrected chi connectivity index (χ4v) is 1.55. The molecule has 1 aromatic rings. The van der Waals surface area contributed by atoms with Gasteiger partial charge in [0, 0.05) is 12.1 Å². The van der Waals surface area contributed by atoms with Crippen molar-refractivity contribution in [2.24, 2.45) is 0 Å². The first-order chi connectivity index (χ1) is 9.17. The van der Waals surface area contributed by atoms with Gasteiger partial charge in [0.25, 0.3) is 0 Å². The number of aliphatic hydroxyl groups is 1. The minimum Gasteiger partial charge on any atom is -0.384 e. The number of amides is 2. The van der Waals surface area contributed by atoms with Crippen molar-refractivity contribution in [1.29, 1.82) is 0 Å². The average molecular weight is 260 g/mol. The Balaban J connectivity index is 2.75. The summed E-state index contributed by atoms with van der Waals surface area (Å²) in [5, 5.41) is 14.3. The van der Waals surface area contributed by atoms with Gasteiger partial charge in [-0.3, -0.25) is 0 Å². The zero-order valence-electron chi connectivity index (χ0n) is 11.4. The van der Waals surface area contributed by atoms with Gasteiger partial charge in [-0.2, -0.15) is 0 Å². The number of hydrogen-bond acceptors (Lipinski definition) is 2. The van der Waals surface area contributed by atoms with E-state index in [0.717, 1.165) is 18.4 Å². The Kier molecular flexibility index (Phi) is 6.48. The summed E-state index contributed by atoms with van der Waals surface area (Å²) in [5.74, 6) is 5.40. The molecule has 19 heavy (non-hydrogen) atoms. The molecule has 0 unspecified atom stereocenters. The minimum absolute atomic E-state index is 0.198. The number of aryl methyl sites for hydroxylation is 1. The molecule has 0 aliphatic heterocycles. The summed E-state index contributed by atoms with van der Waals surface area (Å²) in [5.41, 5.74) is 2.40. The highest BCUT2D eigenvalue weighted by Crippen LogP contribution is 2.16. The van der Waals surface area contributed by atoms with Gasteiger partial charge in [0.05, 0.1) is 5.69 Å². The van der Waals surface area contributed by atoms with Gasteiger partial charge in [-0.1, -0.05) is 31.3 Å². The van der Waals surface area contributed by atoms with Crippen LogP contribution in [0.1, 0.15) is 30.9 Å². The largest absolute Gasteiger partial charge is 0.384 e. The molecule has 0 aliphatic carbocycles. The van der Waals surface area contributed by atoms with E-state index in [0.29, 0.717) is 17.8 Å². The van der Waals surface area contributed by atoms with Crippen LogP contribution in [-0.4, -0.2) is 24.3 Å². The van der Waals surface area contributed by atoms with Crippen LogP contribution in [0.5, 0.6) is 0 Å². The number of urea groups is 1. The molecule has 0 spiro atoms. The van der Waals surface area contributed by atoms with Crippen LogP contribution in [0.15, 0.2) is 18.2 Å². The van der Waals surface area contributed by atoms with E-state index >= 15 is 0 Å². The first-order valence-corrected chi connectivity index (χ1v) is 6.42. The van der Waals surface area contributed by atoms with E-state index in [1.807, 2.05) is 25.1 Å². The lowest BCUT2D eigenvalue weighted by Gasteiger charge is -2.09. The monoisotopic (exact) mass is 260 g/mol. The molecular weight excluding hydrogens is 240 g/mol. The topological polar surface area (TPSA) is 61.4 Å². The Hall–Kier alpha value is -1.99. The summed E-state index contributed by atoms with van der Waals surface area (Å²) in [7, 11) is 0. The molecule has 0 atom stereocenters. The number of anilines is 1. The van der Waals surface area contributed by atoms with Gasteiger partial charge >= 0.3 is 6.03 Å². The van der Waals surface area contributed by atoms with Gasteiger partial charge in [0.15, 0.2) is 0 Å². The zero-order chi connectivity index (χ0) is 14.1. The number of unbranched alkanes of at least 4 members (excludes halogenated alkanes) is 1. The lowest BCUT2D eigenvalue weighted by Crippen LogP contribution is -2.29. The van der Waals surface area contributed by atoms with Gasteiger partial charge in [-0.15, -0.1) is 0 Å². The number of hydrogen-bond donors (Lipinski definition) is 3. The van der Waals surface area contributed by atoms with Gasteiger partial charge in [-0.05, 0) is 31.0 Å². The van der Waals surface area contributed by atoms with Crippen LogP contribution >= 0.6 is 0 Å². The van der Waals surface area contributed by atoms with Crippen molar-refractivity contribution in [2.75, 3.05) is 18.5 Å². The van der Waals surface area contributed by atoms with Crippen LogP contribution in [0.25, 0.3) is 0 Å². The third-order valence-corrected chi connectivity index (χ3v) is 2.54. The molecule has 1 aromatic carbocycles. The Morgan fingerprint density at radius 3 is 2.89 bits per heavy atom. The second-order valence-corrected chi connectivity index (χ2v) is 4.24. The van der Waals surface area contributed by atoms with Gasteiger partial charge in [-0.25, -0.2) is 4.79 Å². The maximum absolute atomic E-state index is 11.7. The molecule has 1 rings (SSSR count). The van der Waals surface area contributed by atoms with Crippen LogP contribution in [0, 0.1) is 18.8 Å². The highest BCUT2D eigenvalue weighted by molar-refractivity contribution is 5.90. The molecule has 102 valence electrons. The Labute approximate surface area is 114 Å². The summed E-state index contributed by atoms with van der Waals surface area (Å²) in [6, 6.07) is 5.38. The number of benzene rings is 1. The maximum Gasteiger partial charge on any atom is 0.319 e. The zero-order valence-corrected chi connectivity index (χ0v) is 11.4. The van der Waals surface area contributed by atoms with Crippen molar-refractivity contribution < 1.29 is 9.90 Å². The van der Waals surface area contributed by atoms with E-state index < -0.39 is 0 Å². The Bertz CT molecular complexity index is 487. The first-order valence-electron chi connectivity index (χ1n) is 6.42. The fourth-order valence-electron chi connectivity index (χ4n) is 1.55. The predicted octanol–water partition coefficient (Wildman–Crippen LogP) is 2.26. The lowest BCUT2D eigenvalue weighted by molar-refractivity contribution is 0.252. The van der Waals surface area contributed by atoms with Crippen molar-refractivity contribution in [3.05, 3.63) is 29.3 Å². The molecule has 0 aromatic heterocycles. The number of carbonyl (C=O) groups is 1. The SMILES string of the molecule is CCCCNC(=O)Nc1cc(C)ccc1C#CCO. The summed E-state index contributed by atoms with van der Waals surface area (Å²) in [6.07, 6.45) is 2.00. The Morgan fingerprint density at radius 1 is 1.42 bits per heavy atom. The van der Waals surface area contributed by atoms with Crippen molar-refractivity contribution in [3.8, 4) is 11.8 Å². The number of carbonyl (C=O) groups excluding carboxylic acids is 1. The first kappa shape index (κ1) is 15.1. The molecule has 3 N–H and O–H groups in total. The van der Waals surface area contributed by atoms with Crippen LogP contribution in [-0.2, 0) is 0 Å². The lowest BCUT2D eigenvalue weighted by atomic mass is 10.1. The summed E-state index contributed by atoms with van der Waals surface area (Å²) in [4.78, 5) is 11.7. The summed E-state index contributed by atoms with van der Waals surface area (Å²) >= 11 is 0. The minimum atomic E-state index is -0.230.